The van der Waals surface area contributed by atoms with E-state index in [2.05, 4.69) is 20.5 Å². The molecule has 2 aromatic rings. The number of rotatable bonds is 6. The van der Waals surface area contributed by atoms with Gasteiger partial charge >= 0.3 is 6.18 Å². The summed E-state index contributed by atoms with van der Waals surface area (Å²) in [7, 11) is 3.73. The number of ether oxygens (including phenoxy) is 1. The second-order valence-electron chi connectivity index (χ2n) is 7.43. The Morgan fingerprint density at radius 3 is 2.60 bits per heavy atom. The molecule has 1 aromatic heterocycles. The average Bonchev–Trinajstić information content (AvgIpc) is 3.32. The molecule has 30 heavy (non-hydrogen) atoms. The Labute approximate surface area is 174 Å². The minimum atomic E-state index is -4.34. The maximum absolute atomic E-state index is 12.8. The molecule has 1 aliphatic heterocycles. The van der Waals surface area contributed by atoms with Crippen molar-refractivity contribution in [2.45, 2.75) is 45.1 Å². The number of alkyl halides is 3. The lowest BCUT2D eigenvalue weighted by atomic mass is 10.1. The number of aliphatic imine (C=N–C) groups is 1. The van der Waals surface area contributed by atoms with Crippen LogP contribution in [0.15, 0.2) is 29.3 Å². The van der Waals surface area contributed by atoms with Crippen LogP contribution < -0.4 is 5.32 Å². The molecule has 1 aliphatic rings. The van der Waals surface area contributed by atoms with Crippen molar-refractivity contribution in [3.8, 4) is 0 Å². The first-order valence-electron chi connectivity index (χ1n) is 9.86. The summed E-state index contributed by atoms with van der Waals surface area (Å²) in [6.45, 7) is 4.00. The molecule has 0 radical (unpaired) electrons. The molecular formula is C20H27F3N6O. The van der Waals surface area contributed by atoms with Crippen molar-refractivity contribution in [1.82, 2.24) is 25.0 Å². The van der Waals surface area contributed by atoms with Gasteiger partial charge in [-0.05, 0) is 37.5 Å². The Morgan fingerprint density at radius 1 is 1.30 bits per heavy atom. The van der Waals surface area contributed by atoms with E-state index in [-0.39, 0.29) is 6.10 Å². The van der Waals surface area contributed by atoms with Gasteiger partial charge in [0.2, 0.25) is 0 Å². The number of nitrogens with zero attached hydrogens (tertiary/aromatic N) is 5. The van der Waals surface area contributed by atoms with Crippen molar-refractivity contribution in [1.29, 1.82) is 0 Å². The quantitative estimate of drug-likeness (QED) is 0.571. The fourth-order valence-corrected chi connectivity index (χ4v) is 3.20. The van der Waals surface area contributed by atoms with Crippen LogP contribution in [0.2, 0.25) is 0 Å². The summed E-state index contributed by atoms with van der Waals surface area (Å²) < 4.78 is 45.9. The highest BCUT2D eigenvalue weighted by Crippen LogP contribution is 2.29. The standard InChI is InChI=1S/C20H27F3N6O/c1-14-26-27-18(29(14)3)12-25-19(24-11-17-5-4-10-30-17)28(2)13-15-6-8-16(9-7-15)20(21,22)23/h6-9,17H,4-5,10-13H2,1-3H3,(H,24,25). The van der Waals surface area contributed by atoms with Crippen LogP contribution in [0.3, 0.4) is 0 Å². The molecule has 0 bridgehead atoms. The SMILES string of the molecule is Cc1nnc(CN=C(NCC2CCCO2)N(C)Cc2ccc(C(F)(F)F)cc2)n1C. The number of aromatic nitrogens is 3. The van der Waals surface area contributed by atoms with Gasteiger partial charge in [-0.2, -0.15) is 13.2 Å². The molecule has 0 amide bonds. The van der Waals surface area contributed by atoms with Gasteiger partial charge in [0.05, 0.1) is 11.7 Å². The van der Waals surface area contributed by atoms with Gasteiger partial charge in [-0.25, -0.2) is 4.99 Å². The third-order valence-electron chi connectivity index (χ3n) is 5.13. The molecular weight excluding hydrogens is 397 g/mol. The third-order valence-corrected chi connectivity index (χ3v) is 5.13. The predicted octanol–water partition coefficient (Wildman–Crippen LogP) is 2.90. The first-order valence-corrected chi connectivity index (χ1v) is 9.86. The number of halogens is 3. The zero-order valence-electron chi connectivity index (χ0n) is 17.4. The van der Waals surface area contributed by atoms with E-state index >= 15 is 0 Å². The number of guanidine groups is 1. The van der Waals surface area contributed by atoms with Crippen LogP contribution in [-0.2, 0) is 31.1 Å². The molecule has 10 heteroatoms. The van der Waals surface area contributed by atoms with Gasteiger partial charge in [-0.15, -0.1) is 10.2 Å². The minimum Gasteiger partial charge on any atom is -0.376 e. The van der Waals surface area contributed by atoms with E-state index in [1.807, 2.05) is 30.5 Å². The Bertz CT molecular complexity index is 856. The van der Waals surface area contributed by atoms with Crippen LogP contribution in [0.4, 0.5) is 13.2 Å². The largest absolute Gasteiger partial charge is 0.416 e. The van der Waals surface area contributed by atoms with Gasteiger partial charge in [0.1, 0.15) is 12.4 Å². The minimum absolute atomic E-state index is 0.131. The van der Waals surface area contributed by atoms with Crippen molar-refractivity contribution in [2.24, 2.45) is 12.0 Å². The molecule has 1 aromatic carbocycles. The van der Waals surface area contributed by atoms with E-state index in [9.17, 15) is 13.2 Å². The highest BCUT2D eigenvalue weighted by Gasteiger charge is 2.30. The van der Waals surface area contributed by atoms with Crippen molar-refractivity contribution in [2.75, 3.05) is 20.2 Å². The molecule has 2 heterocycles. The van der Waals surface area contributed by atoms with Crippen LogP contribution in [-0.4, -0.2) is 51.9 Å². The van der Waals surface area contributed by atoms with Crippen molar-refractivity contribution < 1.29 is 17.9 Å². The van der Waals surface area contributed by atoms with E-state index in [1.165, 1.54) is 12.1 Å². The van der Waals surface area contributed by atoms with Crippen LogP contribution >= 0.6 is 0 Å². The second-order valence-corrected chi connectivity index (χ2v) is 7.43. The van der Waals surface area contributed by atoms with Crippen molar-refractivity contribution in [3.05, 3.63) is 47.0 Å². The first-order chi connectivity index (χ1) is 14.2. The summed E-state index contributed by atoms with van der Waals surface area (Å²) in [5.41, 5.74) is 0.101. The smallest absolute Gasteiger partial charge is 0.376 e. The number of aryl methyl sites for hydroxylation is 1. The number of hydrogen-bond donors (Lipinski definition) is 1. The van der Waals surface area contributed by atoms with Crippen molar-refractivity contribution in [3.63, 3.8) is 0 Å². The van der Waals surface area contributed by atoms with Crippen LogP contribution in [0, 0.1) is 6.92 Å². The molecule has 1 atom stereocenters. The molecule has 164 valence electrons. The molecule has 7 nitrogen and oxygen atoms in total. The van der Waals surface area contributed by atoms with Gasteiger partial charge in [-0.1, -0.05) is 12.1 Å². The summed E-state index contributed by atoms with van der Waals surface area (Å²) in [5, 5.41) is 11.5. The zero-order chi connectivity index (χ0) is 21.7. The molecule has 0 saturated carbocycles. The first kappa shape index (κ1) is 22.1. The van der Waals surface area contributed by atoms with E-state index in [0.29, 0.717) is 25.6 Å². The van der Waals surface area contributed by atoms with Crippen LogP contribution in [0.25, 0.3) is 0 Å². The molecule has 1 unspecified atom stereocenters. The fraction of sp³-hybridized carbons (Fsp3) is 0.550. The topological polar surface area (TPSA) is 67.6 Å². The molecule has 1 fully saturated rings. The van der Waals surface area contributed by atoms with E-state index in [0.717, 1.165) is 48.8 Å². The third kappa shape index (κ3) is 5.71. The van der Waals surface area contributed by atoms with Gasteiger partial charge in [0.25, 0.3) is 0 Å². The highest BCUT2D eigenvalue weighted by atomic mass is 19.4. The summed E-state index contributed by atoms with van der Waals surface area (Å²) in [6.07, 6.45) is -2.18. The monoisotopic (exact) mass is 424 g/mol. The van der Waals surface area contributed by atoms with Gasteiger partial charge in [0.15, 0.2) is 11.8 Å². The highest BCUT2D eigenvalue weighted by molar-refractivity contribution is 5.79. The lowest BCUT2D eigenvalue weighted by Gasteiger charge is -2.24. The van der Waals surface area contributed by atoms with Gasteiger partial charge < -0.3 is 19.5 Å². The summed E-state index contributed by atoms with van der Waals surface area (Å²) in [5.74, 6) is 2.16. The molecule has 1 saturated heterocycles. The molecule has 0 aliphatic carbocycles. The maximum atomic E-state index is 12.8. The Balaban J connectivity index is 1.70. The van der Waals surface area contributed by atoms with E-state index < -0.39 is 11.7 Å². The van der Waals surface area contributed by atoms with Gasteiger partial charge in [0, 0.05) is 33.8 Å². The summed E-state index contributed by atoms with van der Waals surface area (Å²) in [6, 6.07) is 5.18. The zero-order valence-corrected chi connectivity index (χ0v) is 17.4. The summed E-state index contributed by atoms with van der Waals surface area (Å²) in [4.78, 5) is 6.53. The lowest BCUT2D eigenvalue weighted by Crippen LogP contribution is -2.42. The second kappa shape index (κ2) is 9.46. The Kier molecular flexibility index (Phi) is 6.96. The predicted molar refractivity (Wildman–Crippen MR) is 107 cm³/mol. The molecule has 3 rings (SSSR count). The number of benzene rings is 1. The maximum Gasteiger partial charge on any atom is 0.416 e. The summed E-state index contributed by atoms with van der Waals surface area (Å²) >= 11 is 0. The average molecular weight is 424 g/mol. The normalized spacial score (nSPS) is 17.4. The van der Waals surface area contributed by atoms with E-state index in [1.54, 1.807) is 0 Å². The lowest BCUT2D eigenvalue weighted by molar-refractivity contribution is -0.137. The van der Waals surface area contributed by atoms with Crippen molar-refractivity contribution >= 4 is 5.96 Å². The molecule has 0 spiro atoms. The fourth-order valence-electron chi connectivity index (χ4n) is 3.20. The van der Waals surface area contributed by atoms with Crippen LogP contribution in [0.1, 0.15) is 35.6 Å². The molecule has 1 N–H and O–H groups in total. The number of hydrogen-bond acceptors (Lipinski definition) is 4. The van der Waals surface area contributed by atoms with Crippen LogP contribution in [0.5, 0.6) is 0 Å². The Morgan fingerprint density at radius 2 is 2.03 bits per heavy atom. The number of nitrogens with one attached hydrogen (secondary N) is 1. The van der Waals surface area contributed by atoms with E-state index in [4.69, 9.17) is 4.74 Å². The van der Waals surface area contributed by atoms with Gasteiger partial charge in [-0.3, -0.25) is 0 Å². The Hall–Kier alpha value is -2.62.